The highest BCUT2D eigenvalue weighted by molar-refractivity contribution is 7.17. The molecule has 2 heterocycles. The number of benzene rings is 2. The minimum Gasteiger partial charge on any atom is -0.508 e. The highest BCUT2D eigenvalue weighted by Gasteiger charge is 2.19. The third-order valence-corrected chi connectivity index (χ3v) is 5.48. The second kappa shape index (κ2) is 8.85. The van der Waals surface area contributed by atoms with Gasteiger partial charge in [0, 0.05) is 24.2 Å². The number of carbonyl (C=O) groups is 1. The first-order valence-corrected chi connectivity index (χ1v) is 10.0. The fourth-order valence-electron chi connectivity index (χ4n) is 2.96. The van der Waals surface area contributed by atoms with Gasteiger partial charge in [-0.2, -0.15) is 5.10 Å². The van der Waals surface area contributed by atoms with Gasteiger partial charge in [-0.05, 0) is 18.2 Å². The van der Waals surface area contributed by atoms with Crippen LogP contribution in [0.2, 0.25) is 0 Å². The van der Waals surface area contributed by atoms with E-state index in [4.69, 9.17) is 9.72 Å². The molecule has 148 valence electrons. The molecule has 2 N–H and O–H groups in total. The van der Waals surface area contributed by atoms with Crippen molar-refractivity contribution in [1.82, 2.24) is 10.4 Å². The lowest BCUT2D eigenvalue weighted by Crippen LogP contribution is -2.36. The minimum absolute atomic E-state index is 0.0330. The van der Waals surface area contributed by atoms with Crippen molar-refractivity contribution in [2.75, 3.05) is 31.2 Å². The Hall–Kier alpha value is -3.23. The molecule has 1 fully saturated rings. The third-order valence-electron chi connectivity index (χ3n) is 4.43. The van der Waals surface area contributed by atoms with Crippen molar-refractivity contribution in [2.24, 2.45) is 5.10 Å². The first kappa shape index (κ1) is 19.1. The molecule has 0 bridgehead atoms. The second-order valence-corrected chi connectivity index (χ2v) is 7.43. The predicted molar refractivity (Wildman–Crippen MR) is 114 cm³/mol. The SMILES string of the molecule is O=C(N/N=C/c1sc(N2CCOCC2)nc1-c1ccccc1)c1cccc(O)c1. The standard InChI is InChI=1S/C21H20N4O3S/c26-17-8-4-7-16(13-17)20(27)24-22-14-18-19(15-5-2-1-3-6-15)23-21(29-18)25-9-11-28-12-10-25/h1-8,13-14,26H,9-12H2,(H,24,27)/b22-14+. The van der Waals surface area contributed by atoms with Crippen molar-refractivity contribution in [3.05, 3.63) is 65.0 Å². The van der Waals surface area contributed by atoms with E-state index in [-0.39, 0.29) is 5.75 Å². The molecule has 0 spiro atoms. The lowest BCUT2D eigenvalue weighted by molar-refractivity contribution is 0.0954. The van der Waals surface area contributed by atoms with Gasteiger partial charge in [-0.1, -0.05) is 47.7 Å². The van der Waals surface area contributed by atoms with Crippen LogP contribution in [0.4, 0.5) is 5.13 Å². The molecule has 0 saturated carbocycles. The molecule has 0 unspecified atom stereocenters. The molecule has 2 aromatic carbocycles. The van der Waals surface area contributed by atoms with E-state index in [1.54, 1.807) is 18.3 Å². The maximum absolute atomic E-state index is 12.2. The zero-order valence-corrected chi connectivity index (χ0v) is 16.4. The van der Waals surface area contributed by atoms with Crippen LogP contribution in [-0.2, 0) is 4.74 Å². The average Bonchev–Trinajstić information content (AvgIpc) is 3.19. The number of nitrogens with zero attached hydrogens (tertiary/aromatic N) is 3. The van der Waals surface area contributed by atoms with Gasteiger partial charge in [0.05, 0.1) is 30.0 Å². The van der Waals surface area contributed by atoms with Crippen molar-refractivity contribution in [1.29, 1.82) is 0 Å². The Morgan fingerprint density at radius 2 is 1.97 bits per heavy atom. The van der Waals surface area contributed by atoms with Crippen LogP contribution < -0.4 is 10.3 Å². The van der Waals surface area contributed by atoms with Crippen LogP contribution in [0, 0.1) is 0 Å². The van der Waals surface area contributed by atoms with E-state index in [0.717, 1.165) is 34.4 Å². The van der Waals surface area contributed by atoms with Crippen LogP contribution in [-0.4, -0.2) is 48.5 Å². The molecule has 1 amide bonds. The van der Waals surface area contributed by atoms with Gasteiger partial charge in [-0.25, -0.2) is 10.4 Å². The van der Waals surface area contributed by atoms with Crippen LogP contribution in [0.5, 0.6) is 5.75 Å². The highest BCUT2D eigenvalue weighted by atomic mass is 32.1. The van der Waals surface area contributed by atoms with Crippen LogP contribution in [0.1, 0.15) is 15.2 Å². The van der Waals surface area contributed by atoms with Crippen LogP contribution in [0.15, 0.2) is 59.7 Å². The number of morpholine rings is 1. The largest absolute Gasteiger partial charge is 0.508 e. The van der Waals surface area contributed by atoms with Gasteiger partial charge in [-0.3, -0.25) is 4.79 Å². The summed E-state index contributed by atoms with van der Waals surface area (Å²) >= 11 is 1.53. The zero-order valence-electron chi connectivity index (χ0n) is 15.6. The van der Waals surface area contributed by atoms with Gasteiger partial charge in [0.1, 0.15) is 5.75 Å². The number of hydrogen-bond donors (Lipinski definition) is 2. The van der Waals surface area contributed by atoms with Crippen molar-refractivity contribution in [2.45, 2.75) is 0 Å². The molecule has 0 radical (unpaired) electrons. The van der Waals surface area contributed by atoms with E-state index in [1.165, 1.54) is 23.5 Å². The summed E-state index contributed by atoms with van der Waals surface area (Å²) in [5, 5.41) is 14.5. The number of phenolic OH excluding ortho intramolecular Hbond substituents is 1. The fourth-order valence-corrected chi connectivity index (χ4v) is 3.97. The molecular weight excluding hydrogens is 388 g/mol. The number of carbonyl (C=O) groups excluding carboxylic acids is 1. The van der Waals surface area contributed by atoms with Crippen molar-refractivity contribution in [3.63, 3.8) is 0 Å². The van der Waals surface area contributed by atoms with E-state index < -0.39 is 5.91 Å². The molecule has 4 rings (SSSR count). The van der Waals surface area contributed by atoms with Gasteiger partial charge in [0.15, 0.2) is 5.13 Å². The van der Waals surface area contributed by atoms with E-state index >= 15 is 0 Å². The number of hydrogen-bond acceptors (Lipinski definition) is 7. The monoisotopic (exact) mass is 408 g/mol. The quantitative estimate of drug-likeness (QED) is 0.500. The Morgan fingerprint density at radius 1 is 1.17 bits per heavy atom. The molecule has 29 heavy (non-hydrogen) atoms. The summed E-state index contributed by atoms with van der Waals surface area (Å²) in [6, 6.07) is 16.0. The summed E-state index contributed by atoms with van der Waals surface area (Å²) in [6.45, 7) is 2.96. The van der Waals surface area contributed by atoms with E-state index in [2.05, 4.69) is 15.4 Å². The van der Waals surface area contributed by atoms with Gasteiger partial charge < -0.3 is 14.7 Å². The summed E-state index contributed by atoms with van der Waals surface area (Å²) < 4.78 is 5.43. The average molecular weight is 408 g/mol. The molecule has 8 heteroatoms. The lowest BCUT2D eigenvalue weighted by atomic mass is 10.1. The maximum Gasteiger partial charge on any atom is 0.271 e. The van der Waals surface area contributed by atoms with Crippen molar-refractivity contribution < 1.29 is 14.6 Å². The normalized spacial score (nSPS) is 14.3. The topological polar surface area (TPSA) is 87.1 Å². The van der Waals surface area contributed by atoms with Crippen LogP contribution in [0.25, 0.3) is 11.3 Å². The van der Waals surface area contributed by atoms with Gasteiger partial charge in [0.25, 0.3) is 5.91 Å². The number of aromatic hydroxyl groups is 1. The van der Waals surface area contributed by atoms with Gasteiger partial charge in [0.2, 0.25) is 0 Å². The Bertz CT molecular complexity index is 1010. The summed E-state index contributed by atoms with van der Waals surface area (Å²) in [5.74, 6) is -0.359. The first-order chi connectivity index (χ1) is 14.2. The number of phenols is 1. The van der Waals surface area contributed by atoms with Gasteiger partial charge >= 0.3 is 0 Å². The Labute approximate surface area is 172 Å². The molecular formula is C21H20N4O3S. The van der Waals surface area contributed by atoms with Crippen molar-refractivity contribution >= 4 is 28.6 Å². The Balaban J connectivity index is 1.57. The summed E-state index contributed by atoms with van der Waals surface area (Å²) in [5.41, 5.74) is 4.66. The number of ether oxygens (including phenoxy) is 1. The summed E-state index contributed by atoms with van der Waals surface area (Å²) in [6.07, 6.45) is 1.62. The van der Waals surface area contributed by atoms with Crippen LogP contribution >= 0.6 is 11.3 Å². The predicted octanol–water partition coefficient (Wildman–Crippen LogP) is 3.12. The highest BCUT2D eigenvalue weighted by Crippen LogP contribution is 2.32. The molecule has 7 nitrogen and oxygen atoms in total. The Kier molecular flexibility index (Phi) is 5.83. The molecule has 1 saturated heterocycles. The van der Waals surface area contributed by atoms with Crippen LogP contribution in [0.3, 0.4) is 0 Å². The number of hydrazone groups is 1. The molecule has 1 aliphatic rings. The number of anilines is 1. The molecule has 3 aromatic rings. The number of rotatable bonds is 5. The van der Waals surface area contributed by atoms with Gasteiger partial charge in [-0.15, -0.1) is 0 Å². The van der Waals surface area contributed by atoms with E-state index in [1.807, 2.05) is 30.3 Å². The maximum atomic E-state index is 12.2. The number of thiazole rings is 1. The number of nitrogens with one attached hydrogen (secondary N) is 1. The molecule has 1 aromatic heterocycles. The smallest absolute Gasteiger partial charge is 0.271 e. The number of amides is 1. The summed E-state index contributed by atoms with van der Waals surface area (Å²) in [7, 11) is 0. The first-order valence-electron chi connectivity index (χ1n) is 9.22. The Morgan fingerprint density at radius 3 is 2.72 bits per heavy atom. The third kappa shape index (κ3) is 4.61. The molecule has 0 atom stereocenters. The van der Waals surface area contributed by atoms with Crippen molar-refractivity contribution in [3.8, 4) is 17.0 Å². The van der Waals surface area contributed by atoms with E-state index in [9.17, 15) is 9.90 Å². The lowest BCUT2D eigenvalue weighted by Gasteiger charge is -2.26. The van der Waals surface area contributed by atoms with E-state index in [0.29, 0.717) is 18.8 Å². The molecule has 1 aliphatic heterocycles. The number of aromatic nitrogens is 1. The molecule has 0 aliphatic carbocycles. The fraction of sp³-hybridized carbons (Fsp3) is 0.190. The summed E-state index contributed by atoms with van der Waals surface area (Å²) in [4.78, 5) is 20.1. The zero-order chi connectivity index (χ0) is 20.1. The minimum atomic E-state index is -0.392. The second-order valence-electron chi connectivity index (χ2n) is 6.42.